The Morgan fingerprint density at radius 3 is 2.55 bits per heavy atom. The Labute approximate surface area is 196 Å². The highest BCUT2D eigenvalue weighted by atomic mass is 16.5. The lowest BCUT2D eigenvalue weighted by Gasteiger charge is -2.37. The molecule has 0 saturated carbocycles. The monoisotopic (exact) mass is 446 g/mol. The van der Waals surface area contributed by atoms with Crippen molar-refractivity contribution in [1.82, 2.24) is 0 Å². The molecule has 0 N–H and O–H groups in total. The molecule has 33 heavy (non-hydrogen) atoms. The summed E-state index contributed by atoms with van der Waals surface area (Å²) >= 11 is 0. The van der Waals surface area contributed by atoms with E-state index in [1.165, 1.54) is 22.3 Å². The lowest BCUT2D eigenvalue weighted by atomic mass is 9.86. The Kier molecular flexibility index (Phi) is 6.38. The van der Waals surface area contributed by atoms with Crippen molar-refractivity contribution in [3.63, 3.8) is 0 Å². The van der Waals surface area contributed by atoms with E-state index in [2.05, 4.69) is 39.8 Å². The van der Waals surface area contributed by atoms with Crippen LogP contribution in [0.4, 0.5) is 0 Å². The first-order valence-electron chi connectivity index (χ1n) is 11.7. The summed E-state index contributed by atoms with van der Waals surface area (Å²) in [7, 11) is 1.66. The van der Waals surface area contributed by atoms with Crippen LogP contribution >= 0.6 is 0 Å². The van der Waals surface area contributed by atoms with Gasteiger partial charge in [0.25, 0.3) is 0 Å². The van der Waals surface area contributed by atoms with Crippen molar-refractivity contribution >= 4 is 16.7 Å². The topological polar surface area (TPSA) is 44.8 Å². The first-order chi connectivity index (χ1) is 15.7. The SMILES string of the molecule is COc1ccc2cc(C(C)C(=O)OCCC3(C)CCc4c(C)cc(C)c(C)c4O3)ccc2c1. The van der Waals surface area contributed by atoms with Gasteiger partial charge in [-0.05, 0) is 98.2 Å². The molecule has 1 aliphatic rings. The number of ether oxygens (including phenoxy) is 3. The number of hydrogen-bond acceptors (Lipinski definition) is 4. The van der Waals surface area contributed by atoms with Crippen LogP contribution in [0.25, 0.3) is 10.8 Å². The smallest absolute Gasteiger partial charge is 0.313 e. The predicted molar refractivity (Wildman–Crippen MR) is 132 cm³/mol. The maximum absolute atomic E-state index is 12.8. The summed E-state index contributed by atoms with van der Waals surface area (Å²) in [6, 6.07) is 14.3. The van der Waals surface area contributed by atoms with Gasteiger partial charge in [-0.15, -0.1) is 0 Å². The number of carbonyl (C=O) groups is 1. The zero-order chi connectivity index (χ0) is 23.8. The van der Waals surface area contributed by atoms with Gasteiger partial charge >= 0.3 is 5.97 Å². The summed E-state index contributed by atoms with van der Waals surface area (Å²) in [4.78, 5) is 12.8. The summed E-state index contributed by atoms with van der Waals surface area (Å²) < 4.78 is 17.5. The number of fused-ring (bicyclic) bond motifs is 2. The second-order valence-corrected chi connectivity index (χ2v) is 9.61. The molecule has 0 saturated heterocycles. The third-order valence-electron chi connectivity index (χ3n) is 7.17. The first-order valence-corrected chi connectivity index (χ1v) is 11.7. The molecule has 174 valence electrons. The van der Waals surface area contributed by atoms with Gasteiger partial charge in [0.05, 0.1) is 19.6 Å². The normalized spacial score (nSPS) is 18.4. The van der Waals surface area contributed by atoms with Crippen molar-refractivity contribution in [3.05, 3.63) is 70.3 Å². The summed E-state index contributed by atoms with van der Waals surface area (Å²) in [5.74, 6) is 1.31. The highest BCUT2D eigenvalue weighted by Gasteiger charge is 2.34. The maximum atomic E-state index is 12.8. The standard InChI is InChI=1S/C29H34O4/c1-18-15-19(2)26-11-12-29(5,33-27(26)20(18)3)13-14-32-28(30)21(4)22-7-8-24-17-25(31-6)10-9-23(24)16-22/h7-10,15-17,21H,11-14H2,1-6H3. The summed E-state index contributed by atoms with van der Waals surface area (Å²) in [5, 5.41) is 2.16. The minimum atomic E-state index is -0.330. The van der Waals surface area contributed by atoms with Gasteiger partial charge in [-0.3, -0.25) is 4.79 Å². The Morgan fingerprint density at radius 1 is 1.06 bits per heavy atom. The van der Waals surface area contributed by atoms with Crippen LogP contribution in [0, 0.1) is 20.8 Å². The number of carbonyl (C=O) groups excluding carboxylic acids is 1. The fourth-order valence-corrected chi connectivity index (χ4v) is 4.68. The molecule has 0 radical (unpaired) electrons. The van der Waals surface area contributed by atoms with E-state index in [-0.39, 0.29) is 17.5 Å². The molecule has 0 aromatic heterocycles. The van der Waals surface area contributed by atoms with Gasteiger partial charge in [0.2, 0.25) is 0 Å². The lowest BCUT2D eigenvalue weighted by molar-refractivity contribution is -0.146. The maximum Gasteiger partial charge on any atom is 0.313 e. The molecule has 0 fully saturated rings. The van der Waals surface area contributed by atoms with Gasteiger partial charge in [0, 0.05) is 6.42 Å². The third kappa shape index (κ3) is 4.71. The van der Waals surface area contributed by atoms with Gasteiger partial charge in [-0.1, -0.05) is 30.3 Å². The molecular formula is C29H34O4. The van der Waals surface area contributed by atoms with E-state index in [0.29, 0.717) is 13.0 Å². The van der Waals surface area contributed by atoms with Crippen molar-refractivity contribution in [2.45, 2.75) is 65.4 Å². The van der Waals surface area contributed by atoms with Crippen molar-refractivity contribution < 1.29 is 19.0 Å². The highest BCUT2D eigenvalue weighted by Crippen LogP contribution is 2.40. The molecule has 4 rings (SSSR count). The number of aryl methyl sites for hydroxylation is 2. The fraction of sp³-hybridized carbons (Fsp3) is 0.414. The molecule has 0 amide bonds. The van der Waals surface area contributed by atoms with Gasteiger partial charge < -0.3 is 14.2 Å². The molecular weight excluding hydrogens is 412 g/mol. The van der Waals surface area contributed by atoms with E-state index < -0.39 is 0 Å². The van der Waals surface area contributed by atoms with E-state index in [1.807, 2.05) is 37.3 Å². The molecule has 1 heterocycles. The molecule has 2 atom stereocenters. The highest BCUT2D eigenvalue weighted by molar-refractivity contribution is 5.86. The van der Waals surface area contributed by atoms with Gasteiger partial charge in [-0.2, -0.15) is 0 Å². The van der Waals surface area contributed by atoms with Crippen LogP contribution < -0.4 is 9.47 Å². The molecule has 2 unspecified atom stereocenters. The van der Waals surface area contributed by atoms with E-state index in [4.69, 9.17) is 14.2 Å². The molecule has 4 nitrogen and oxygen atoms in total. The minimum Gasteiger partial charge on any atom is -0.497 e. The van der Waals surface area contributed by atoms with Crippen molar-refractivity contribution in [1.29, 1.82) is 0 Å². The second kappa shape index (κ2) is 9.09. The predicted octanol–water partition coefficient (Wildman–Crippen LogP) is 6.59. The second-order valence-electron chi connectivity index (χ2n) is 9.61. The van der Waals surface area contributed by atoms with Crippen LogP contribution in [-0.4, -0.2) is 25.3 Å². The fourth-order valence-electron chi connectivity index (χ4n) is 4.68. The quantitative estimate of drug-likeness (QED) is 0.401. The van der Waals surface area contributed by atoms with Crippen molar-refractivity contribution in [2.24, 2.45) is 0 Å². The zero-order valence-corrected chi connectivity index (χ0v) is 20.6. The average molecular weight is 447 g/mol. The van der Waals surface area contributed by atoms with Crippen LogP contribution in [-0.2, 0) is 16.0 Å². The van der Waals surface area contributed by atoms with Crippen LogP contribution in [0.5, 0.6) is 11.5 Å². The Hall–Kier alpha value is -3.01. The lowest BCUT2D eigenvalue weighted by Crippen LogP contribution is -2.38. The molecule has 3 aromatic rings. The van der Waals surface area contributed by atoms with Crippen LogP contribution in [0.1, 0.15) is 60.4 Å². The van der Waals surface area contributed by atoms with Gasteiger partial charge in [0.1, 0.15) is 17.1 Å². The summed E-state index contributed by atoms with van der Waals surface area (Å²) in [5.41, 5.74) is 5.70. The summed E-state index contributed by atoms with van der Waals surface area (Å²) in [6.45, 7) is 10.8. The molecule has 1 aliphatic heterocycles. The average Bonchev–Trinajstić information content (AvgIpc) is 2.81. The largest absolute Gasteiger partial charge is 0.497 e. The van der Waals surface area contributed by atoms with Crippen LogP contribution in [0.2, 0.25) is 0 Å². The number of rotatable bonds is 6. The number of esters is 1. The van der Waals surface area contributed by atoms with Gasteiger partial charge in [-0.25, -0.2) is 0 Å². The molecule has 0 bridgehead atoms. The van der Waals surface area contributed by atoms with Gasteiger partial charge in [0.15, 0.2) is 0 Å². The van der Waals surface area contributed by atoms with E-state index in [9.17, 15) is 4.79 Å². The van der Waals surface area contributed by atoms with Crippen molar-refractivity contribution in [3.8, 4) is 11.5 Å². The minimum absolute atomic E-state index is 0.203. The third-order valence-corrected chi connectivity index (χ3v) is 7.17. The first kappa shape index (κ1) is 23.2. The number of hydrogen-bond donors (Lipinski definition) is 0. The molecule has 3 aromatic carbocycles. The number of benzene rings is 3. The van der Waals surface area contributed by atoms with E-state index in [0.717, 1.165) is 40.7 Å². The van der Waals surface area contributed by atoms with E-state index >= 15 is 0 Å². The Morgan fingerprint density at radius 2 is 1.79 bits per heavy atom. The van der Waals surface area contributed by atoms with Crippen LogP contribution in [0.3, 0.4) is 0 Å². The zero-order valence-electron chi connectivity index (χ0n) is 20.6. The van der Waals surface area contributed by atoms with Crippen LogP contribution in [0.15, 0.2) is 42.5 Å². The number of methoxy groups -OCH3 is 1. The van der Waals surface area contributed by atoms with Crippen molar-refractivity contribution in [2.75, 3.05) is 13.7 Å². The molecule has 4 heteroatoms. The molecule has 0 spiro atoms. The Bertz CT molecular complexity index is 1200. The molecule has 0 aliphatic carbocycles. The summed E-state index contributed by atoms with van der Waals surface area (Å²) in [6.07, 6.45) is 2.59. The Balaban J connectivity index is 1.38. The van der Waals surface area contributed by atoms with E-state index in [1.54, 1.807) is 7.11 Å².